The zero-order valence-electron chi connectivity index (χ0n) is 36.7. The Balaban J connectivity index is 1.38. The van der Waals surface area contributed by atoms with E-state index in [0.29, 0.717) is 28.4 Å². The van der Waals surface area contributed by atoms with Crippen LogP contribution in [0.3, 0.4) is 0 Å². The molecule has 0 fully saturated rings. The molecule has 66 heavy (non-hydrogen) atoms. The van der Waals surface area contributed by atoms with Gasteiger partial charge in [0.15, 0.2) is 6.10 Å². The molecule has 0 saturated heterocycles. The zero-order chi connectivity index (χ0) is 48.4. The molecule has 1 heterocycles. The maximum absolute atomic E-state index is 14.7. The van der Waals surface area contributed by atoms with E-state index in [9.17, 15) is 14.4 Å². The third-order valence-corrected chi connectivity index (χ3v) is 15.9. The third-order valence-electron chi connectivity index (χ3n) is 11.5. The van der Waals surface area contributed by atoms with Gasteiger partial charge in [-0.15, -0.1) is 0 Å². The Hall–Kier alpha value is -3.68. The van der Waals surface area contributed by atoms with Crippen LogP contribution in [0.25, 0.3) is 5.69 Å². The van der Waals surface area contributed by atoms with Gasteiger partial charge >= 0.3 is 0 Å². The van der Waals surface area contributed by atoms with Gasteiger partial charge in [-0.05, 0) is 84.2 Å². The van der Waals surface area contributed by atoms with Gasteiger partial charge in [0.1, 0.15) is 22.2 Å². The Labute approximate surface area is 428 Å². The number of benzene rings is 5. The lowest BCUT2D eigenvalue weighted by atomic mass is 9.76. The van der Waals surface area contributed by atoms with E-state index >= 15 is 0 Å². The number of rotatable bonds is 16. The number of H-pyrrole nitrogens is 1. The highest BCUT2D eigenvalue weighted by Crippen LogP contribution is 2.47. The first kappa shape index (κ1) is 51.7. The number of amides is 2. The van der Waals surface area contributed by atoms with Gasteiger partial charge in [0, 0.05) is 16.1 Å². The van der Waals surface area contributed by atoms with Crippen LogP contribution in [0.5, 0.6) is 5.75 Å². The molecule has 0 aliphatic carbocycles. The summed E-state index contributed by atoms with van der Waals surface area (Å²) in [6, 6.07) is 22.6. The summed E-state index contributed by atoms with van der Waals surface area (Å²) in [4.78, 5) is 42.7. The number of nitrogens with zero attached hydrogens (tertiary/aromatic N) is 1. The van der Waals surface area contributed by atoms with Crippen LogP contribution in [0.1, 0.15) is 89.2 Å². The van der Waals surface area contributed by atoms with Gasteiger partial charge in [-0.25, -0.2) is 4.68 Å². The molecule has 9 nitrogen and oxygen atoms in total. The van der Waals surface area contributed by atoms with E-state index in [1.807, 2.05) is 13.0 Å². The molecule has 0 spiro atoms. The molecule has 0 radical (unpaired) electrons. The summed E-state index contributed by atoms with van der Waals surface area (Å²) in [7, 11) is 0. The SMILES string of the molecule is CCC(Oc1ccc(C(C)(C)CC)cc1C(C)(C)CC)C(=O)Nc1ccccc1Sc1c(Nc2cc(NC(=O)c3c(Cl)cccc3Cl)ccc2Cl)[nH]n(-c2c(Cl)c(Cl)c(Cl)c(Cl)c2Cl)c1=O. The van der Waals surface area contributed by atoms with Crippen LogP contribution in [0.2, 0.25) is 40.2 Å². The maximum atomic E-state index is 14.7. The summed E-state index contributed by atoms with van der Waals surface area (Å²) in [5, 5.41) is 11.9. The van der Waals surface area contributed by atoms with Gasteiger partial charge in [0.2, 0.25) is 0 Å². The molecule has 1 aromatic heterocycles. The molecule has 5 aromatic carbocycles. The lowest BCUT2D eigenvalue weighted by Crippen LogP contribution is -2.33. The monoisotopic (exact) mass is 1070 g/mol. The Morgan fingerprint density at radius 1 is 0.712 bits per heavy atom. The van der Waals surface area contributed by atoms with E-state index in [4.69, 9.17) is 97.5 Å². The summed E-state index contributed by atoms with van der Waals surface area (Å²) in [5.74, 6) is -0.207. The van der Waals surface area contributed by atoms with Gasteiger partial charge in [-0.2, -0.15) is 0 Å². The van der Waals surface area contributed by atoms with Crippen LogP contribution < -0.4 is 26.2 Å². The van der Waals surface area contributed by atoms with Crippen molar-refractivity contribution >= 4 is 139 Å². The number of halogens is 8. The number of carbonyl (C=O) groups excluding carboxylic acids is 2. The average Bonchev–Trinajstić information content (AvgIpc) is 3.58. The number of carbonyl (C=O) groups is 2. The first-order valence-electron chi connectivity index (χ1n) is 20.7. The van der Waals surface area contributed by atoms with Crippen molar-refractivity contribution in [2.24, 2.45) is 0 Å². The third kappa shape index (κ3) is 10.9. The molecular weight excluding hydrogens is 1030 g/mol. The van der Waals surface area contributed by atoms with Crippen LogP contribution in [0, 0.1) is 0 Å². The second-order valence-electron chi connectivity index (χ2n) is 16.5. The van der Waals surface area contributed by atoms with E-state index in [1.54, 1.807) is 60.7 Å². The number of aromatic nitrogens is 2. The molecule has 0 aliphatic rings. The lowest BCUT2D eigenvalue weighted by molar-refractivity contribution is -0.122. The number of para-hydroxylation sites is 1. The fourth-order valence-electron chi connectivity index (χ4n) is 6.72. The fourth-order valence-corrected chi connectivity index (χ4v) is 9.73. The van der Waals surface area contributed by atoms with Crippen molar-refractivity contribution in [3.05, 3.63) is 146 Å². The molecule has 0 aliphatic heterocycles. The second-order valence-corrected chi connectivity index (χ2v) is 20.7. The van der Waals surface area contributed by atoms with Crippen molar-refractivity contribution in [2.45, 2.75) is 94.5 Å². The molecule has 1 atom stereocenters. The number of hydrogen-bond acceptors (Lipinski definition) is 6. The van der Waals surface area contributed by atoms with Crippen molar-refractivity contribution < 1.29 is 14.3 Å². The van der Waals surface area contributed by atoms with E-state index in [-0.39, 0.29) is 84.6 Å². The molecule has 4 N–H and O–H groups in total. The normalized spacial score (nSPS) is 12.2. The highest BCUT2D eigenvalue weighted by molar-refractivity contribution is 7.99. The summed E-state index contributed by atoms with van der Waals surface area (Å²) in [6.07, 6.45) is 1.31. The molecule has 2 amide bonds. The molecular formula is C48H45Cl8N5O4S. The van der Waals surface area contributed by atoms with Gasteiger partial charge in [-0.3, -0.25) is 19.5 Å². The van der Waals surface area contributed by atoms with Gasteiger partial charge in [0.05, 0.1) is 57.1 Å². The predicted octanol–water partition coefficient (Wildman–Crippen LogP) is 16.7. The number of nitrogens with one attached hydrogen (secondary N) is 4. The first-order valence-corrected chi connectivity index (χ1v) is 24.6. The summed E-state index contributed by atoms with van der Waals surface area (Å²) in [6.45, 7) is 15.0. The quantitative estimate of drug-likeness (QED) is 0.0567. The van der Waals surface area contributed by atoms with Crippen molar-refractivity contribution in [1.82, 2.24) is 9.78 Å². The maximum Gasteiger partial charge on any atom is 0.287 e. The Morgan fingerprint density at radius 3 is 1.95 bits per heavy atom. The number of aromatic amines is 1. The van der Waals surface area contributed by atoms with Crippen LogP contribution in [-0.2, 0) is 15.6 Å². The largest absolute Gasteiger partial charge is 0.480 e. The second kappa shape index (κ2) is 21.3. The van der Waals surface area contributed by atoms with E-state index in [0.717, 1.165) is 34.8 Å². The topological polar surface area (TPSA) is 117 Å². The summed E-state index contributed by atoms with van der Waals surface area (Å²) < 4.78 is 7.63. The molecule has 348 valence electrons. The molecule has 6 rings (SSSR count). The van der Waals surface area contributed by atoms with Crippen LogP contribution in [0.15, 0.2) is 93.4 Å². The summed E-state index contributed by atoms with van der Waals surface area (Å²) >= 11 is 53.0. The molecule has 1 unspecified atom stereocenters. The van der Waals surface area contributed by atoms with Crippen LogP contribution in [0.4, 0.5) is 22.9 Å². The van der Waals surface area contributed by atoms with Crippen LogP contribution in [-0.4, -0.2) is 27.7 Å². The highest BCUT2D eigenvalue weighted by Gasteiger charge is 2.31. The Kier molecular flexibility index (Phi) is 16.7. The van der Waals surface area contributed by atoms with Crippen molar-refractivity contribution in [2.75, 3.05) is 16.0 Å². The minimum absolute atomic E-state index is 0.0491. The molecule has 0 saturated carbocycles. The van der Waals surface area contributed by atoms with Crippen molar-refractivity contribution in [1.29, 1.82) is 0 Å². The minimum atomic E-state index is -0.867. The molecule has 6 aromatic rings. The number of anilines is 4. The first-order chi connectivity index (χ1) is 31.1. The van der Waals surface area contributed by atoms with E-state index in [1.165, 1.54) is 5.56 Å². The van der Waals surface area contributed by atoms with Gasteiger partial charge in [-0.1, -0.05) is 183 Å². The molecule has 18 heteroatoms. The smallest absolute Gasteiger partial charge is 0.287 e. The standard InChI is InChI=1S/C48H45Cl8N5O4S/c1-8-32(65-33-21-18-24(47(4,5)9-2)22-26(33)48(6,7)10-3)44(62)59-30-16-11-12-17-34(30)66-42-43(60-61(46(42)64)41-39(55)37(53)36(52)38(54)40(41)56)58-31-23-25(19-20-27(31)49)57-45(63)35-28(50)14-13-15-29(35)51/h11-23,32,58,60H,8-10H2,1-7H3,(H,57,63)(H,59,62). The predicted molar refractivity (Wildman–Crippen MR) is 278 cm³/mol. The number of hydrogen-bond donors (Lipinski definition) is 4. The summed E-state index contributed by atoms with van der Waals surface area (Å²) in [5.41, 5.74) is 2.27. The number of ether oxygens (including phenoxy) is 1. The van der Waals surface area contributed by atoms with E-state index in [2.05, 4.69) is 74.7 Å². The fraction of sp³-hybridized carbons (Fsp3) is 0.271. The van der Waals surface area contributed by atoms with Gasteiger partial charge < -0.3 is 20.7 Å². The zero-order valence-corrected chi connectivity index (χ0v) is 43.6. The van der Waals surface area contributed by atoms with Gasteiger partial charge in [0.25, 0.3) is 17.4 Å². The Morgan fingerprint density at radius 2 is 1.33 bits per heavy atom. The minimum Gasteiger partial charge on any atom is -0.480 e. The van der Waals surface area contributed by atoms with Crippen molar-refractivity contribution in [3.8, 4) is 11.4 Å². The van der Waals surface area contributed by atoms with Crippen molar-refractivity contribution in [3.63, 3.8) is 0 Å². The highest BCUT2D eigenvalue weighted by atomic mass is 35.5. The Bertz CT molecular complexity index is 2850. The van der Waals surface area contributed by atoms with Crippen LogP contribution >= 0.6 is 105 Å². The van der Waals surface area contributed by atoms with E-state index < -0.39 is 17.6 Å². The molecule has 0 bridgehead atoms. The lowest BCUT2D eigenvalue weighted by Gasteiger charge is -2.31. The average molecular weight is 1070 g/mol.